The Labute approximate surface area is 116 Å². The molecule has 1 aromatic heterocycles. The second-order valence-electron chi connectivity index (χ2n) is 4.13. The number of carbonyl (C=O) groups is 2. The number of amides is 2. The highest BCUT2D eigenvalue weighted by molar-refractivity contribution is 7.09. The molecule has 0 spiro atoms. The fourth-order valence-corrected chi connectivity index (χ4v) is 2.24. The van der Waals surface area contributed by atoms with E-state index in [1.54, 1.807) is 18.3 Å². The van der Waals surface area contributed by atoms with E-state index in [0.717, 1.165) is 23.5 Å². The normalized spacial score (nSPS) is 11.7. The van der Waals surface area contributed by atoms with Crippen LogP contribution in [-0.4, -0.2) is 36.7 Å². The Morgan fingerprint density at radius 1 is 1.53 bits per heavy atom. The van der Waals surface area contributed by atoms with Crippen LogP contribution in [0.3, 0.4) is 0 Å². The van der Waals surface area contributed by atoms with Crippen molar-refractivity contribution in [2.45, 2.75) is 32.7 Å². The lowest BCUT2D eigenvalue weighted by atomic mass is 10.3. The maximum Gasteiger partial charge on any atom is 0.407 e. The summed E-state index contributed by atoms with van der Waals surface area (Å²) in [5, 5.41) is 8.25. The maximum absolute atomic E-state index is 11.6. The zero-order chi connectivity index (χ0) is 14.3. The zero-order valence-electron chi connectivity index (χ0n) is 11.4. The van der Waals surface area contributed by atoms with Gasteiger partial charge >= 0.3 is 6.09 Å². The van der Waals surface area contributed by atoms with Gasteiger partial charge in [0.2, 0.25) is 5.91 Å². The third kappa shape index (κ3) is 5.69. The molecule has 0 saturated heterocycles. The zero-order valence-corrected chi connectivity index (χ0v) is 12.2. The number of carbonyl (C=O) groups excluding carboxylic acids is 2. The summed E-state index contributed by atoms with van der Waals surface area (Å²) in [6.07, 6.45) is 1.06. The number of hydrogen-bond donors (Lipinski definition) is 2. The number of methoxy groups -OCH3 is 1. The van der Waals surface area contributed by atoms with Gasteiger partial charge in [-0.05, 0) is 20.3 Å². The van der Waals surface area contributed by atoms with Crippen molar-refractivity contribution in [2.24, 2.45) is 0 Å². The summed E-state index contributed by atoms with van der Waals surface area (Å²) >= 11 is 1.63. The van der Waals surface area contributed by atoms with Crippen LogP contribution in [0.5, 0.6) is 0 Å². The molecule has 1 aromatic rings. The van der Waals surface area contributed by atoms with Gasteiger partial charge in [0.1, 0.15) is 6.04 Å². The van der Waals surface area contributed by atoms with Crippen molar-refractivity contribution < 1.29 is 14.3 Å². The van der Waals surface area contributed by atoms with E-state index in [0.29, 0.717) is 6.54 Å². The number of ether oxygens (including phenoxy) is 1. The first-order chi connectivity index (χ1) is 9.02. The minimum Gasteiger partial charge on any atom is -0.453 e. The van der Waals surface area contributed by atoms with E-state index in [2.05, 4.69) is 20.4 Å². The van der Waals surface area contributed by atoms with Gasteiger partial charge in [0.15, 0.2) is 0 Å². The Morgan fingerprint density at radius 2 is 2.26 bits per heavy atom. The van der Waals surface area contributed by atoms with Gasteiger partial charge in [-0.25, -0.2) is 9.78 Å². The van der Waals surface area contributed by atoms with E-state index in [1.165, 1.54) is 7.11 Å². The highest BCUT2D eigenvalue weighted by atomic mass is 32.1. The Hall–Kier alpha value is -1.63. The van der Waals surface area contributed by atoms with Crippen LogP contribution in [0, 0.1) is 6.92 Å². The van der Waals surface area contributed by atoms with Crippen molar-refractivity contribution in [2.75, 3.05) is 13.7 Å². The molecule has 1 atom stereocenters. The van der Waals surface area contributed by atoms with Crippen molar-refractivity contribution in [1.29, 1.82) is 0 Å². The van der Waals surface area contributed by atoms with Gasteiger partial charge in [0.05, 0.1) is 12.1 Å². The standard InChI is InChI=1S/C12H19N3O3S/c1-8-7-19-10(14-8)5-4-6-13-11(16)9(2)15-12(17)18-3/h7,9H,4-6H2,1-3H3,(H,13,16)(H,15,17)/t9-/m0/s1. The topological polar surface area (TPSA) is 80.3 Å². The van der Waals surface area contributed by atoms with E-state index < -0.39 is 12.1 Å². The molecule has 0 aliphatic carbocycles. The summed E-state index contributed by atoms with van der Waals surface area (Å²) in [6.45, 7) is 4.13. The molecule has 0 aliphatic rings. The molecule has 0 fully saturated rings. The molecule has 0 radical (unpaired) electrons. The lowest BCUT2D eigenvalue weighted by molar-refractivity contribution is -0.122. The van der Waals surface area contributed by atoms with Gasteiger partial charge in [-0.3, -0.25) is 4.79 Å². The van der Waals surface area contributed by atoms with Crippen molar-refractivity contribution in [3.05, 3.63) is 16.1 Å². The van der Waals surface area contributed by atoms with Crippen LogP contribution in [0.4, 0.5) is 4.79 Å². The Balaban J connectivity index is 2.18. The largest absolute Gasteiger partial charge is 0.453 e. The molecule has 0 unspecified atom stereocenters. The molecule has 2 N–H and O–H groups in total. The summed E-state index contributed by atoms with van der Waals surface area (Å²) in [7, 11) is 1.26. The SMILES string of the molecule is COC(=O)N[C@@H](C)C(=O)NCCCc1nc(C)cs1. The number of alkyl carbamates (subject to hydrolysis) is 1. The van der Waals surface area contributed by atoms with Crippen molar-refractivity contribution in [1.82, 2.24) is 15.6 Å². The highest BCUT2D eigenvalue weighted by Gasteiger charge is 2.14. The number of thiazole rings is 1. The number of aromatic nitrogens is 1. The minimum atomic E-state index is -0.610. The molecule has 2 amide bonds. The first-order valence-corrected chi connectivity index (χ1v) is 6.94. The fourth-order valence-electron chi connectivity index (χ4n) is 1.42. The van der Waals surface area contributed by atoms with Crippen molar-refractivity contribution >= 4 is 23.3 Å². The summed E-state index contributed by atoms with van der Waals surface area (Å²) in [5.41, 5.74) is 1.03. The molecule has 6 nitrogen and oxygen atoms in total. The van der Waals surface area contributed by atoms with Crippen LogP contribution in [0.2, 0.25) is 0 Å². The molecule has 19 heavy (non-hydrogen) atoms. The first kappa shape index (κ1) is 15.4. The molecule has 7 heteroatoms. The van der Waals surface area contributed by atoms with Gasteiger partial charge in [-0.1, -0.05) is 0 Å². The van der Waals surface area contributed by atoms with E-state index in [4.69, 9.17) is 0 Å². The Morgan fingerprint density at radius 3 is 2.84 bits per heavy atom. The predicted octanol–water partition coefficient (Wildman–Crippen LogP) is 1.24. The molecular formula is C12H19N3O3S. The number of hydrogen-bond acceptors (Lipinski definition) is 5. The van der Waals surface area contributed by atoms with Gasteiger partial charge in [-0.2, -0.15) is 0 Å². The van der Waals surface area contributed by atoms with E-state index >= 15 is 0 Å². The first-order valence-electron chi connectivity index (χ1n) is 6.06. The van der Waals surface area contributed by atoms with Crippen molar-refractivity contribution in [3.8, 4) is 0 Å². The fraction of sp³-hybridized carbons (Fsp3) is 0.583. The molecule has 1 heterocycles. The number of rotatable bonds is 6. The number of nitrogens with zero attached hydrogens (tertiary/aromatic N) is 1. The van der Waals surface area contributed by atoms with E-state index in [9.17, 15) is 9.59 Å². The Bertz CT molecular complexity index is 434. The Kier molecular flexibility index (Phi) is 6.27. The van der Waals surface area contributed by atoms with Crippen LogP contribution >= 0.6 is 11.3 Å². The summed E-state index contributed by atoms with van der Waals surface area (Å²) in [5.74, 6) is -0.222. The molecule has 106 valence electrons. The predicted molar refractivity (Wildman–Crippen MR) is 73.2 cm³/mol. The molecule has 0 aromatic carbocycles. The average molecular weight is 285 g/mol. The third-order valence-corrected chi connectivity index (χ3v) is 3.47. The monoisotopic (exact) mass is 285 g/mol. The smallest absolute Gasteiger partial charge is 0.407 e. The van der Waals surface area contributed by atoms with Gasteiger partial charge in [0, 0.05) is 24.0 Å². The third-order valence-electron chi connectivity index (χ3n) is 2.45. The van der Waals surface area contributed by atoms with Crippen LogP contribution < -0.4 is 10.6 Å². The summed E-state index contributed by atoms with van der Waals surface area (Å²) in [4.78, 5) is 26.9. The van der Waals surface area contributed by atoms with E-state index in [-0.39, 0.29) is 5.91 Å². The van der Waals surface area contributed by atoms with Crippen LogP contribution in [0.25, 0.3) is 0 Å². The summed E-state index contributed by atoms with van der Waals surface area (Å²) < 4.78 is 4.42. The second-order valence-corrected chi connectivity index (χ2v) is 5.08. The molecule has 0 bridgehead atoms. The van der Waals surface area contributed by atoms with Crippen LogP contribution in [-0.2, 0) is 16.0 Å². The lowest BCUT2D eigenvalue weighted by Crippen LogP contribution is -2.45. The average Bonchev–Trinajstić information content (AvgIpc) is 2.79. The molecular weight excluding hydrogens is 266 g/mol. The molecule has 0 saturated carbocycles. The maximum atomic E-state index is 11.6. The summed E-state index contributed by atoms with van der Waals surface area (Å²) in [6, 6.07) is -0.602. The van der Waals surface area contributed by atoms with Gasteiger partial charge in [0.25, 0.3) is 0 Å². The molecule has 1 rings (SSSR count). The highest BCUT2D eigenvalue weighted by Crippen LogP contribution is 2.10. The van der Waals surface area contributed by atoms with E-state index in [1.807, 2.05) is 12.3 Å². The quantitative estimate of drug-likeness (QED) is 0.771. The number of nitrogens with one attached hydrogen (secondary N) is 2. The number of aryl methyl sites for hydroxylation is 2. The minimum absolute atomic E-state index is 0.222. The van der Waals surface area contributed by atoms with Crippen LogP contribution in [0.15, 0.2) is 5.38 Å². The van der Waals surface area contributed by atoms with Crippen LogP contribution in [0.1, 0.15) is 24.0 Å². The second kappa shape index (κ2) is 7.73. The van der Waals surface area contributed by atoms with Gasteiger partial charge in [-0.15, -0.1) is 11.3 Å². The lowest BCUT2D eigenvalue weighted by Gasteiger charge is -2.12. The van der Waals surface area contributed by atoms with Crippen molar-refractivity contribution in [3.63, 3.8) is 0 Å². The molecule has 0 aliphatic heterocycles. The van der Waals surface area contributed by atoms with Gasteiger partial charge < -0.3 is 15.4 Å².